The molecule has 1 amide bonds. The molecule has 150 valence electrons. The van der Waals surface area contributed by atoms with Gasteiger partial charge in [-0.3, -0.25) is 9.10 Å². The van der Waals surface area contributed by atoms with Crippen LogP contribution in [0.25, 0.3) is 0 Å². The maximum Gasteiger partial charge on any atom is 0.255 e. The van der Waals surface area contributed by atoms with Gasteiger partial charge in [-0.2, -0.15) is 0 Å². The third-order valence-electron chi connectivity index (χ3n) is 4.16. The van der Waals surface area contributed by atoms with Crippen molar-refractivity contribution in [3.63, 3.8) is 0 Å². The molecule has 0 saturated carbocycles. The first-order valence-electron chi connectivity index (χ1n) is 8.61. The van der Waals surface area contributed by atoms with Gasteiger partial charge in [-0.25, -0.2) is 8.42 Å². The summed E-state index contributed by atoms with van der Waals surface area (Å²) in [5.41, 5.74) is 2.42. The number of carbonyl (C=O) groups is 1. The molecule has 5 nitrogen and oxygen atoms in total. The van der Waals surface area contributed by atoms with Crippen molar-refractivity contribution in [1.82, 2.24) is 0 Å². The van der Waals surface area contributed by atoms with Crippen LogP contribution in [0.15, 0.2) is 72.8 Å². The Morgan fingerprint density at radius 1 is 0.966 bits per heavy atom. The minimum absolute atomic E-state index is 0.171. The van der Waals surface area contributed by atoms with Crippen molar-refractivity contribution in [3.05, 3.63) is 92.5 Å². The smallest absolute Gasteiger partial charge is 0.255 e. The zero-order valence-electron chi connectivity index (χ0n) is 15.5. The molecule has 0 unspecified atom stereocenters. The van der Waals surface area contributed by atoms with Crippen molar-refractivity contribution in [1.29, 1.82) is 0 Å². The van der Waals surface area contributed by atoms with Crippen LogP contribution in [0, 0.1) is 3.57 Å². The number of halogens is 2. The van der Waals surface area contributed by atoms with E-state index < -0.39 is 10.0 Å². The maximum atomic E-state index is 12.4. The lowest BCUT2D eigenvalue weighted by Gasteiger charge is -2.23. The van der Waals surface area contributed by atoms with Crippen LogP contribution >= 0.6 is 34.2 Å². The fraction of sp³-hybridized carbons (Fsp3) is 0.0952. The number of anilines is 2. The van der Waals surface area contributed by atoms with E-state index >= 15 is 0 Å². The highest BCUT2D eigenvalue weighted by Crippen LogP contribution is 2.22. The highest BCUT2D eigenvalue weighted by molar-refractivity contribution is 14.1. The zero-order valence-corrected chi connectivity index (χ0v) is 19.2. The Balaban J connectivity index is 1.79. The number of carbonyl (C=O) groups excluding carboxylic acids is 1. The van der Waals surface area contributed by atoms with Gasteiger partial charge in [0.15, 0.2) is 0 Å². The summed E-state index contributed by atoms with van der Waals surface area (Å²) < 4.78 is 27.0. The topological polar surface area (TPSA) is 66.5 Å². The number of benzene rings is 3. The predicted molar refractivity (Wildman–Crippen MR) is 126 cm³/mol. The molecule has 0 saturated heterocycles. The highest BCUT2D eigenvalue weighted by Gasteiger charge is 2.18. The second-order valence-electron chi connectivity index (χ2n) is 6.40. The molecule has 0 fully saturated rings. The molecule has 0 aliphatic heterocycles. The number of nitrogens with one attached hydrogen (secondary N) is 1. The Hall–Kier alpha value is -2.10. The Bertz CT molecular complexity index is 1100. The number of hydrogen-bond acceptors (Lipinski definition) is 3. The first kappa shape index (κ1) is 21.6. The molecular weight excluding hydrogens is 523 g/mol. The van der Waals surface area contributed by atoms with Crippen LogP contribution in [-0.4, -0.2) is 20.6 Å². The van der Waals surface area contributed by atoms with Crippen molar-refractivity contribution in [3.8, 4) is 0 Å². The lowest BCUT2D eigenvalue weighted by Crippen LogP contribution is -2.29. The minimum Gasteiger partial charge on any atom is -0.322 e. The number of hydrogen-bond donors (Lipinski definition) is 1. The molecule has 3 aromatic rings. The van der Waals surface area contributed by atoms with Crippen LogP contribution < -0.4 is 9.62 Å². The van der Waals surface area contributed by atoms with Gasteiger partial charge in [0.2, 0.25) is 10.0 Å². The Morgan fingerprint density at radius 2 is 1.55 bits per heavy atom. The van der Waals surface area contributed by atoms with Crippen LogP contribution in [0.4, 0.5) is 11.4 Å². The van der Waals surface area contributed by atoms with E-state index in [1.54, 1.807) is 48.5 Å². The van der Waals surface area contributed by atoms with E-state index in [-0.39, 0.29) is 12.5 Å². The monoisotopic (exact) mass is 540 g/mol. The number of rotatable bonds is 6. The summed E-state index contributed by atoms with van der Waals surface area (Å²) >= 11 is 8.09. The molecule has 0 heterocycles. The lowest BCUT2D eigenvalue weighted by atomic mass is 10.1. The molecular formula is C21H18ClIN2O3S. The molecule has 0 aliphatic carbocycles. The first-order valence-corrected chi connectivity index (χ1v) is 11.9. The van der Waals surface area contributed by atoms with E-state index in [0.29, 0.717) is 22.0 Å². The molecule has 0 spiro atoms. The van der Waals surface area contributed by atoms with E-state index in [0.717, 1.165) is 15.4 Å². The van der Waals surface area contributed by atoms with Crippen LogP contribution in [0.2, 0.25) is 5.02 Å². The van der Waals surface area contributed by atoms with E-state index in [4.69, 9.17) is 11.6 Å². The summed E-state index contributed by atoms with van der Waals surface area (Å²) in [5, 5.41) is 3.41. The van der Waals surface area contributed by atoms with Gasteiger partial charge in [0, 0.05) is 19.8 Å². The molecule has 29 heavy (non-hydrogen) atoms. The van der Waals surface area contributed by atoms with Gasteiger partial charge >= 0.3 is 0 Å². The van der Waals surface area contributed by atoms with Gasteiger partial charge in [-0.05, 0) is 88.8 Å². The van der Waals surface area contributed by atoms with E-state index in [9.17, 15) is 13.2 Å². The summed E-state index contributed by atoms with van der Waals surface area (Å²) in [6, 6.07) is 20.9. The van der Waals surface area contributed by atoms with Gasteiger partial charge in [0.05, 0.1) is 18.5 Å². The maximum absolute atomic E-state index is 12.4. The van der Waals surface area contributed by atoms with Crippen LogP contribution in [0.3, 0.4) is 0 Å². The lowest BCUT2D eigenvalue weighted by molar-refractivity contribution is 0.102. The Kier molecular flexibility index (Phi) is 6.81. The average Bonchev–Trinajstić information content (AvgIpc) is 2.68. The standard InChI is InChI=1S/C21H18ClIN2O3S/c1-29(27,28)25(14-15-2-6-17(22)7-3-15)20-12-4-16(5-13-20)21(26)24-19-10-8-18(23)9-11-19/h2-13H,14H2,1H3,(H,24,26). The predicted octanol–water partition coefficient (Wildman–Crippen LogP) is 5.16. The summed E-state index contributed by atoms with van der Waals surface area (Å²) in [6.45, 7) is 0.171. The molecule has 3 aromatic carbocycles. The summed E-state index contributed by atoms with van der Waals surface area (Å²) in [4.78, 5) is 12.4. The summed E-state index contributed by atoms with van der Waals surface area (Å²) in [6.07, 6.45) is 1.15. The summed E-state index contributed by atoms with van der Waals surface area (Å²) in [7, 11) is -3.51. The van der Waals surface area contributed by atoms with Crippen molar-refractivity contribution in [2.24, 2.45) is 0 Å². The van der Waals surface area contributed by atoms with E-state index in [2.05, 4.69) is 27.9 Å². The van der Waals surface area contributed by atoms with Crippen molar-refractivity contribution in [2.45, 2.75) is 6.54 Å². The molecule has 0 atom stereocenters. The van der Waals surface area contributed by atoms with Crippen molar-refractivity contribution in [2.75, 3.05) is 15.9 Å². The number of sulfonamides is 1. The van der Waals surface area contributed by atoms with Crippen LogP contribution in [0.5, 0.6) is 0 Å². The van der Waals surface area contributed by atoms with E-state index in [1.165, 1.54) is 4.31 Å². The molecule has 1 N–H and O–H groups in total. The highest BCUT2D eigenvalue weighted by atomic mass is 127. The van der Waals surface area contributed by atoms with Crippen molar-refractivity contribution < 1.29 is 13.2 Å². The summed E-state index contributed by atoms with van der Waals surface area (Å²) in [5.74, 6) is -0.263. The number of nitrogens with zero attached hydrogens (tertiary/aromatic N) is 1. The molecule has 8 heteroatoms. The normalized spacial score (nSPS) is 11.1. The molecule has 0 bridgehead atoms. The SMILES string of the molecule is CS(=O)(=O)N(Cc1ccc(Cl)cc1)c1ccc(C(=O)Nc2ccc(I)cc2)cc1. The van der Waals surface area contributed by atoms with Gasteiger partial charge < -0.3 is 5.32 Å². The average molecular weight is 541 g/mol. The minimum atomic E-state index is -3.51. The second kappa shape index (κ2) is 9.15. The zero-order chi connectivity index (χ0) is 21.0. The van der Waals surface area contributed by atoms with Crippen LogP contribution in [0.1, 0.15) is 15.9 Å². The third-order valence-corrected chi connectivity index (χ3v) is 6.27. The molecule has 0 radical (unpaired) electrons. The van der Waals surface area contributed by atoms with Gasteiger partial charge in [0.1, 0.15) is 0 Å². The fourth-order valence-corrected chi connectivity index (χ4v) is 4.05. The van der Waals surface area contributed by atoms with Crippen LogP contribution in [-0.2, 0) is 16.6 Å². The first-order chi connectivity index (χ1) is 13.7. The second-order valence-corrected chi connectivity index (χ2v) is 9.99. The van der Waals surface area contributed by atoms with Gasteiger partial charge in [0.25, 0.3) is 5.91 Å². The molecule has 3 rings (SSSR count). The third kappa shape index (κ3) is 5.94. The molecule has 0 aliphatic rings. The Labute approximate surface area is 188 Å². The largest absolute Gasteiger partial charge is 0.322 e. The quantitative estimate of drug-likeness (QED) is 0.439. The van der Waals surface area contributed by atoms with E-state index in [1.807, 2.05) is 24.3 Å². The fourth-order valence-electron chi connectivity index (χ4n) is 2.67. The number of amides is 1. The van der Waals surface area contributed by atoms with Gasteiger partial charge in [-0.1, -0.05) is 23.7 Å². The Morgan fingerprint density at radius 3 is 2.10 bits per heavy atom. The molecule has 0 aromatic heterocycles. The van der Waals surface area contributed by atoms with Gasteiger partial charge in [-0.15, -0.1) is 0 Å². The van der Waals surface area contributed by atoms with Crippen molar-refractivity contribution >= 4 is 61.5 Å².